The van der Waals surface area contributed by atoms with E-state index in [4.69, 9.17) is 22.2 Å². The fourth-order valence-electron chi connectivity index (χ4n) is 3.49. The first-order valence-corrected chi connectivity index (χ1v) is 8.91. The largest absolute Gasteiger partial charge is 0.409 e. The van der Waals surface area contributed by atoms with Crippen molar-refractivity contribution in [3.8, 4) is 17.0 Å². The van der Waals surface area contributed by atoms with Gasteiger partial charge in [-0.15, -0.1) is 0 Å². The van der Waals surface area contributed by atoms with E-state index < -0.39 is 5.91 Å². The summed E-state index contributed by atoms with van der Waals surface area (Å²) in [5.41, 5.74) is 11.3. The van der Waals surface area contributed by atoms with Crippen LogP contribution in [0.4, 0.5) is 0 Å². The highest BCUT2D eigenvalue weighted by Gasteiger charge is 2.30. The molecule has 1 amide bonds. The summed E-state index contributed by atoms with van der Waals surface area (Å²) in [6, 6.07) is 9.61. The van der Waals surface area contributed by atoms with Gasteiger partial charge < -0.3 is 15.1 Å². The zero-order valence-corrected chi connectivity index (χ0v) is 15.1. The van der Waals surface area contributed by atoms with Crippen molar-refractivity contribution < 1.29 is 9.63 Å². The van der Waals surface area contributed by atoms with Crippen LogP contribution in [0.3, 0.4) is 0 Å². The Morgan fingerprint density at radius 2 is 2.08 bits per heavy atom. The van der Waals surface area contributed by atoms with Gasteiger partial charge in [0.15, 0.2) is 0 Å². The number of nitrogens with two attached hydrogens (primary N) is 1. The quantitative estimate of drug-likeness (QED) is 0.671. The van der Waals surface area contributed by atoms with E-state index in [9.17, 15) is 4.79 Å². The molecule has 0 atom stereocenters. The fourth-order valence-corrected chi connectivity index (χ4v) is 3.65. The number of hydrogen-bond acceptors (Lipinski definition) is 4. The van der Waals surface area contributed by atoms with Gasteiger partial charge in [-0.1, -0.05) is 11.6 Å². The third-order valence-electron chi connectivity index (χ3n) is 4.84. The molecule has 1 saturated carbocycles. The van der Waals surface area contributed by atoms with Gasteiger partial charge in [-0.3, -0.25) is 4.79 Å². The minimum atomic E-state index is -0.484. The molecule has 7 heteroatoms. The molecule has 0 aliphatic heterocycles. The highest BCUT2D eigenvalue weighted by Crippen LogP contribution is 2.42. The van der Waals surface area contributed by atoms with E-state index in [1.807, 2.05) is 24.3 Å². The topological polar surface area (TPSA) is 82.2 Å². The minimum absolute atomic E-state index is 0.308. The molecule has 134 valence electrons. The average molecular weight is 371 g/mol. The summed E-state index contributed by atoms with van der Waals surface area (Å²) in [6.45, 7) is 0. The monoisotopic (exact) mass is 370 g/mol. The zero-order valence-electron chi connectivity index (χ0n) is 14.3. The van der Waals surface area contributed by atoms with Crippen LogP contribution < -0.4 is 16.1 Å². The molecule has 1 fully saturated rings. The third kappa shape index (κ3) is 2.71. The Kier molecular flexibility index (Phi) is 4.30. The first kappa shape index (κ1) is 16.9. The van der Waals surface area contributed by atoms with E-state index in [0.717, 1.165) is 36.2 Å². The molecule has 2 heterocycles. The van der Waals surface area contributed by atoms with Crippen molar-refractivity contribution in [3.63, 3.8) is 0 Å². The van der Waals surface area contributed by atoms with Crippen LogP contribution in [0.1, 0.15) is 35.7 Å². The molecule has 0 unspecified atom stereocenters. The van der Waals surface area contributed by atoms with Crippen LogP contribution in [0.5, 0.6) is 5.75 Å². The van der Waals surface area contributed by atoms with E-state index in [-0.39, 0.29) is 0 Å². The number of amides is 1. The van der Waals surface area contributed by atoms with Gasteiger partial charge in [0.2, 0.25) is 0 Å². The van der Waals surface area contributed by atoms with Gasteiger partial charge in [0, 0.05) is 24.7 Å². The van der Waals surface area contributed by atoms with Crippen molar-refractivity contribution in [3.05, 3.63) is 47.1 Å². The summed E-state index contributed by atoms with van der Waals surface area (Å²) >= 11 is 6.14. The molecule has 1 aliphatic rings. The first-order valence-electron chi connectivity index (χ1n) is 8.53. The Morgan fingerprint density at radius 1 is 1.35 bits per heavy atom. The smallest absolute Gasteiger partial charge is 0.251 e. The maximum absolute atomic E-state index is 12.3. The summed E-state index contributed by atoms with van der Waals surface area (Å²) in [4.78, 5) is 22.1. The molecule has 0 spiro atoms. The maximum Gasteiger partial charge on any atom is 0.251 e. The molecule has 3 aromatic rings. The van der Waals surface area contributed by atoms with Gasteiger partial charge in [0.25, 0.3) is 5.91 Å². The highest BCUT2D eigenvalue weighted by atomic mass is 35.5. The van der Waals surface area contributed by atoms with Crippen LogP contribution in [-0.4, -0.2) is 22.5 Å². The number of aromatic nitrogens is 2. The molecule has 4 rings (SSSR count). The van der Waals surface area contributed by atoms with Crippen molar-refractivity contribution >= 4 is 28.5 Å². The number of carbonyl (C=O) groups is 1. The fraction of sp³-hybridized carbons (Fsp3) is 0.263. The Bertz CT molecular complexity index is 977. The SMILES string of the molecule is CNOc1ccc(-c2c(C(N)=O)c3cc(Cl)cnc3n2C2CCC2)cc1. The van der Waals surface area contributed by atoms with Crippen molar-refractivity contribution in [2.45, 2.75) is 25.3 Å². The normalized spacial score (nSPS) is 14.4. The molecular weight excluding hydrogens is 352 g/mol. The Labute approximate surface area is 155 Å². The van der Waals surface area contributed by atoms with Gasteiger partial charge in [-0.05, 0) is 55.2 Å². The summed E-state index contributed by atoms with van der Waals surface area (Å²) in [5, 5.41) is 1.18. The number of hydroxylamine groups is 1. The van der Waals surface area contributed by atoms with Crippen LogP contribution in [0.25, 0.3) is 22.3 Å². The first-order chi connectivity index (χ1) is 12.6. The predicted molar refractivity (Wildman–Crippen MR) is 101 cm³/mol. The molecule has 1 aromatic carbocycles. The van der Waals surface area contributed by atoms with Crippen LogP contribution in [0, 0.1) is 0 Å². The summed E-state index contributed by atoms with van der Waals surface area (Å²) in [6.07, 6.45) is 4.89. The van der Waals surface area contributed by atoms with Crippen molar-refractivity contribution in [2.75, 3.05) is 7.05 Å². The summed E-state index contributed by atoms with van der Waals surface area (Å²) < 4.78 is 2.14. The Hall–Kier alpha value is -2.57. The van der Waals surface area contributed by atoms with E-state index in [1.54, 1.807) is 19.3 Å². The number of rotatable bonds is 5. The van der Waals surface area contributed by atoms with Gasteiger partial charge in [0.05, 0.1) is 16.3 Å². The van der Waals surface area contributed by atoms with Crippen LogP contribution >= 0.6 is 11.6 Å². The Morgan fingerprint density at radius 3 is 2.65 bits per heavy atom. The second-order valence-electron chi connectivity index (χ2n) is 6.40. The molecule has 0 radical (unpaired) electrons. The lowest BCUT2D eigenvalue weighted by atomic mass is 9.92. The number of hydrogen-bond donors (Lipinski definition) is 2. The van der Waals surface area contributed by atoms with Crippen molar-refractivity contribution in [1.82, 2.24) is 15.0 Å². The minimum Gasteiger partial charge on any atom is -0.409 e. The van der Waals surface area contributed by atoms with Gasteiger partial charge >= 0.3 is 0 Å². The number of nitrogens with one attached hydrogen (secondary N) is 1. The highest BCUT2D eigenvalue weighted by molar-refractivity contribution is 6.31. The maximum atomic E-state index is 12.3. The second-order valence-corrected chi connectivity index (χ2v) is 6.83. The number of pyridine rings is 1. The number of primary amides is 1. The molecule has 0 saturated heterocycles. The third-order valence-corrected chi connectivity index (χ3v) is 5.05. The number of nitrogens with zero attached hydrogens (tertiary/aromatic N) is 2. The van der Waals surface area contributed by atoms with Crippen LogP contribution in [0.2, 0.25) is 5.02 Å². The van der Waals surface area contributed by atoms with Gasteiger partial charge in [-0.25, -0.2) is 4.98 Å². The number of fused-ring (bicyclic) bond motifs is 1. The van der Waals surface area contributed by atoms with E-state index in [2.05, 4.69) is 15.0 Å². The molecular formula is C19H19ClN4O2. The molecule has 2 aromatic heterocycles. The predicted octanol–water partition coefficient (Wildman–Crippen LogP) is 3.69. The lowest BCUT2D eigenvalue weighted by Crippen LogP contribution is -2.19. The number of carbonyl (C=O) groups excluding carboxylic acids is 1. The number of benzene rings is 1. The average Bonchev–Trinajstić information content (AvgIpc) is 2.89. The molecule has 0 bridgehead atoms. The van der Waals surface area contributed by atoms with E-state index in [1.165, 1.54) is 0 Å². The molecule has 26 heavy (non-hydrogen) atoms. The molecule has 1 aliphatic carbocycles. The Balaban J connectivity index is 1.99. The summed E-state index contributed by atoms with van der Waals surface area (Å²) in [7, 11) is 1.70. The van der Waals surface area contributed by atoms with E-state index >= 15 is 0 Å². The van der Waals surface area contributed by atoms with Crippen molar-refractivity contribution in [1.29, 1.82) is 0 Å². The van der Waals surface area contributed by atoms with Gasteiger partial charge in [0.1, 0.15) is 11.4 Å². The van der Waals surface area contributed by atoms with Crippen molar-refractivity contribution in [2.24, 2.45) is 5.73 Å². The molecule has 6 nitrogen and oxygen atoms in total. The second kappa shape index (κ2) is 6.63. The van der Waals surface area contributed by atoms with Crippen LogP contribution in [-0.2, 0) is 0 Å². The zero-order chi connectivity index (χ0) is 18.3. The lowest BCUT2D eigenvalue weighted by molar-refractivity contribution is 0.100. The van der Waals surface area contributed by atoms with Gasteiger partial charge in [-0.2, -0.15) is 5.48 Å². The standard InChI is InChI=1S/C19H19ClN4O2/c1-22-26-14-7-5-11(6-8-14)17-16(18(21)25)15-9-12(20)10-23-19(15)24(17)13-3-2-4-13/h5-10,13,22H,2-4H2,1H3,(H2,21,25). The van der Waals surface area contributed by atoms with Crippen LogP contribution in [0.15, 0.2) is 36.5 Å². The lowest BCUT2D eigenvalue weighted by Gasteiger charge is -2.29. The molecule has 3 N–H and O–H groups in total. The summed E-state index contributed by atoms with van der Waals surface area (Å²) in [5.74, 6) is 0.201. The number of halogens is 1. The van der Waals surface area contributed by atoms with E-state index in [0.29, 0.717) is 27.8 Å².